The Morgan fingerprint density at radius 1 is 0.429 bits per heavy atom. The molecule has 0 saturated carbocycles. The van der Waals surface area contributed by atoms with Gasteiger partial charge in [-0.3, -0.25) is 0 Å². The summed E-state index contributed by atoms with van der Waals surface area (Å²) in [7, 11) is 0. The van der Waals surface area contributed by atoms with Gasteiger partial charge in [0.05, 0.1) is 0 Å². The molecule has 0 amide bonds. The van der Waals surface area contributed by atoms with E-state index in [1.165, 1.54) is 66.8 Å². The molecule has 0 atom stereocenters. The molecule has 3 aromatic rings. The minimum Gasteiger partial charge on any atom is -0.199 e. The molecule has 155 valence electrons. The van der Waals surface area contributed by atoms with E-state index in [4.69, 9.17) is 0 Å². The molecular weight excluding hydrogens is 482 g/mol. The van der Waals surface area contributed by atoms with Crippen LogP contribution in [0.5, 0.6) is 0 Å². The van der Waals surface area contributed by atoms with Crippen LogP contribution in [0.3, 0.4) is 0 Å². The molecule has 0 fully saturated rings. The van der Waals surface area contributed by atoms with Gasteiger partial charge < -0.3 is 0 Å². The molecule has 3 rings (SSSR count). The Morgan fingerprint density at radius 3 is 0.643 bits per heavy atom. The molecule has 0 bridgehead atoms. The van der Waals surface area contributed by atoms with E-state index in [0.29, 0.717) is 0 Å². The molecule has 0 aromatic heterocycles. The maximum Gasteiger partial charge on any atom is 3.00 e. The van der Waals surface area contributed by atoms with Gasteiger partial charge in [0.25, 0.3) is 0 Å². The van der Waals surface area contributed by atoms with Crippen molar-refractivity contribution in [3.8, 4) is 0 Å². The smallest absolute Gasteiger partial charge is 0.199 e. The van der Waals surface area contributed by atoms with Crippen molar-refractivity contribution in [1.82, 2.24) is 0 Å². The topological polar surface area (TPSA) is 0 Å². The van der Waals surface area contributed by atoms with Gasteiger partial charge in [-0.1, -0.05) is 83.1 Å². The monoisotopic (exact) mass is 521 g/mol. The van der Waals surface area contributed by atoms with E-state index in [1.807, 2.05) is 0 Å². The summed E-state index contributed by atoms with van der Waals surface area (Å²) >= 11 is 0. The van der Waals surface area contributed by atoms with Crippen LogP contribution in [-0.4, -0.2) is 0 Å². The summed E-state index contributed by atoms with van der Waals surface area (Å²) in [4.78, 5) is 0. The summed E-state index contributed by atoms with van der Waals surface area (Å²) in [6, 6.07) is 6.72. The molecule has 0 aliphatic carbocycles. The van der Waals surface area contributed by atoms with Crippen molar-refractivity contribution in [3.63, 3.8) is 0 Å². The van der Waals surface area contributed by atoms with Crippen molar-refractivity contribution >= 4 is 0 Å². The molecule has 1 radical (unpaired) electrons. The zero-order valence-corrected chi connectivity index (χ0v) is 22.4. The Labute approximate surface area is 206 Å². The zero-order valence-electron chi connectivity index (χ0n) is 20.1. The zero-order chi connectivity index (χ0) is 21.0. The molecule has 0 spiro atoms. The van der Waals surface area contributed by atoms with Crippen LogP contribution in [0.15, 0.2) is 18.2 Å². The van der Waals surface area contributed by atoms with Gasteiger partial charge in [-0.25, -0.2) is 0 Å². The van der Waals surface area contributed by atoms with E-state index < -0.39 is 0 Å². The Hall–Kier alpha value is -0.625. The Bertz CT molecular complexity index is 707. The molecule has 28 heavy (non-hydrogen) atoms. The van der Waals surface area contributed by atoms with E-state index in [1.54, 1.807) is 0 Å². The molecule has 0 N–H and O–H groups in total. The van der Waals surface area contributed by atoms with Crippen LogP contribution in [0.1, 0.15) is 66.8 Å². The molecule has 0 aliphatic heterocycles. The third-order valence-electron chi connectivity index (χ3n) is 6.54. The fraction of sp³-hybridized carbons (Fsp3) is 0.444. The first-order chi connectivity index (χ1) is 12.4. The van der Waals surface area contributed by atoms with E-state index in [2.05, 4.69) is 101 Å². The van der Waals surface area contributed by atoms with Crippen LogP contribution < -0.4 is 0 Å². The Kier molecular flexibility index (Phi) is 11.3. The molecule has 0 saturated heterocycles. The first-order valence-electron chi connectivity index (χ1n) is 9.98. The first-order valence-corrected chi connectivity index (χ1v) is 9.98. The van der Waals surface area contributed by atoms with Crippen molar-refractivity contribution < 1.29 is 39.9 Å². The fourth-order valence-corrected chi connectivity index (χ4v) is 3.40. The normalized spacial score (nSPS) is 9.86. The van der Waals surface area contributed by atoms with Crippen LogP contribution in [0.25, 0.3) is 0 Å². The summed E-state index contributed by atoms with van der Waals surface area (Å²) in [6.07, 6.45) is 0. The predicted molar refractivity (Wildman–Crippen MR) is 123 cm³/mol. The molecular formula is C27H39Gd. The largest absolute Gasteiger partial charge is 3.00 e. The molecule has 0 unspecified atom stereocenters. The summed E-state index contributed by atoms with van der Waals surface area (Å²) < 4.78 is 0. The van der Waals surface area contributed by atoms with Gasteiger partial charge in [-0.15, -0.1) is 0 Å². The van der Waals surface area contributed by atoms with Gasteiger partial charge >= 0.3 is 39.9 Å². The summed E-state index contributed by atoms with van der Waals surface area (Å²) in [5.41, 5.74) is 17.2. The molecule has 1 heteroatoms. The van der Waals surface area contributed by atoms with Crippen molar-refractivity contribution in [2.24, 2.45) is 0 Å². The number of rotatable bonds is 0. The number of aryl methyl sites for hydroxylation is 6. The molecule has 0 heterocycles. The van der Waals surface area contributed by atoms with Crippen LogP contribution in [0.4, 0.5) is 0 Å². The van der Waals surface area contributed by atoms with Crippen molar-refractivity contribution in [2.75, 3.05) is 0 Å². The maximum absolute atomic E-state index is 2.24. The molecule has 0 nitrogen and oxygen atoms in total. The average molecular weight is 521 g/mol. The van der Waals surface area contributed by atoms with Gasteiger partial charge in [-0.2, -0.15) is 85.0 Å². The quantitative estimate of drug-likeness (QED) is 0.264. The summed E-state index contributed by atoms with van der Waals surface area (Å²) in [5, 5.41) is 0. The van der Waals surface area contributed by atoms with Crippen LogP contribution in [0.2, 0.25) is 0 Å². The van der Waals surface area contributed by atoms with Gasteiger partial charge in [0.1, 0.15) is 0 Å². The van der Waals surface area contributed by atoms with Crippen LogP contribution in [-0.2, 0) is 0 Å². The van der Waals surface area contributed by atoms with E-state index >= 15 is 0 Å². The van der Waals surface area contributed by atoms with Crippen molar-refractivity contribution in [2.45, 2.75) is 83.1 Å². The van der Waals surface area contributed by atoms with E-state index in [9.17, 15) is 0 Å². The van der Waals surface area contributed by atoms with Crippen molar-refractivity contribution in [3.05, 3.63) is 85.0 Å². The van der Waals surface area contributed by atoms with E-state index in [0.717, 1.165) is 0 Å². The summed E-state index contributed by atoms with van der Waals surface area (Å²) in [5.74, 6) is 0. The Morgan fingerprint density at radius 2 is 0.607 bits per heavy atom. The third kappa shape index (κ3) is 6.72. The minimum atomic E-state index is 0. The average Bonchev–Trinajstić information content (AvgIpc) is 3.07. The molecule has 3 aromatic carbocycles. The SMILES string of the molecule is Cc1c[c-](C)c(C)c1C.Cc1c[c-](C)c(C)c1C.Cc1c[c-](C)c(C)c1C.[Gd+3]. The van der Waals surface area contributed by atoms with Crippen molar-refractivity contribution in [1.29, 1.82) is 0 Å². The second-order valence-corrected chi connectivity index (χ2v) is 8.28. The number of hydrogen-bond donors (Lipinski definition) is 0. The minimum absolute atomic E-state index is 0. The fourth-order valence-electron chi connectivity index (χ4n) is 3.40. The predicted octanol–water partition coefficient (Wildman–Crippen LogP) is 7.92. The van der Waals surface area contributed by atoms with E-state index in [-0.39, 0.29) is 39.9 Å². The van der Waals surface area contributed by atoms with Crippen LogP contribution >= 0.6 is 0 Å². The molecule has 0 aliphatic rings. The number of hydrogen-bond acceptors (Lipinski definition) is 0. The second-order valence-electron chi connectivity index (χ2n) is 8.28. The third-order valence-corrected chi connectivity index (χ3v) is 6.54. The first kappa shape index (κ1) is 27.4. The summed E-state index contributed by atoms with van der Waals surface area (Å²) in [6.45, 7) is 26.0. The second kappa shape index (κ2) is 11.5. The van der Waals surface area contributed by atoms with Gasteiger partial charge in [0.2, 0.25) is 0 Å². The van der Waals surface area contributed by atoms with Gasteiger partial charge in [-0.05, 0) is 0 Å². The Balaban J connectivity index is 0.000000384. The van der Waals surface area contributed by atoms with Crippen LogP contribution in [0, 0.1) is 123 Å². The standard InChI is InChI=1S/3C9H13.Gd/c3*1-6-5-7(2)9(4)8(6)3;/h3*5H,1-4H3;/q3*-1;+3. The maximum atomic E-state index is 2.24. The van der Waals surface area contributed by atoms with Gasteiger partial charge in [0, 0.05) is 0 Å². The van der Waals surface area contributed by atoms with Gasteiger partial charge in [0.15, 0.2) is 0 Å².